The minimum atomic E-state index is -3.82. The van der Waals surface area contributed by atoms with Crippen LogP contribution in [0.25, 0.3) is 0 Å². The van der Waals surface area contributed by atoms with Gasteiger partial charge in [-0.05, 0) is 25.1 Å². The summed E-state index contributed by atoms with van der Waals surface area (Å²) >= 11 is 5.76. The zero-order valence-electron chi connectivity index (χ0n) is 15.7. The molecule has 0 fully saturated rings. The number of aromatic nitrogens is 2. The third-order valence-corrected chi connectivity index (χ3v) is 6.90. The van der Waals surface area contributed by atoms with Gasteiger partial charge in [-0.15, -0.1) is 0 Å². The van der Waals surface area contributed by atoms with Crippen LogP contribution in [0.15, 0.2) is 23.1 Å². The number of amides is 1. The molecule has 2 aromatic rings. The Balaban J connectivity index is 1.88. The molecule has 152 valence electrons. The van der Waals surface area contributed by atoms with Crippen LogP contribution in [0.1, 0.15) is 37.5 Å². The van der Waals surface area contributed by atoms with E-state index in [4.69, 9.17) is 11.6 Å². The Morgan fingerprint density at radius 2 is 2.11 bits per heavy atom. The summed E-state index contributed by atoms with van der Waals surface area (Å²) in [6, 6.07) is 3.40. The third-order valence-electron chi connectivity index (χ3n) is 4.77. The van der Waals surface area contributed by atoms with Gasteiger partial charge in [-0.25, -0.2) is 17.8 Å². The maximum atomic E-state index is 13.4. The molecular formula is C18H22ClFN4O3S. The Morgan fingerprint density at radius 1 is 1.36 bits per heavy atom. The van der Waals surface area contributed by atoms with Crippen molar-refractivity contribution in [1.82, 2.24) is 19.2 Å². The smallest absolute Gasteiger partial charge is 0.243 e. The number of carbonyl (C=O) groups excluding carboxylic acids is 1. The molecule has 0 spiro atoms. The molecule has 0 aliphatic carbocycles. The van der Waals surface area contributed by atoms with Gasteiger partial charge in [0.15, 0.2) is 0 Å². The molecule has 0 saturated carbocycles. The quantitative estimate of drug-likeness (QED) is 0.766. The maximum absolute atomic E-state index is 13.4. The molecule has 3 rings (SSSR count). The molecule has 7 nitrogen and oxygen atoms in total. The molecule has 1 aliphatic heterocycles. The zero-order valence-corrected chi connectivity index (χ0v) is 17.3. The van der Waals surface area contributed by atoms with Crippen LogP contribution in [0.4, 0.5) is 4.39 Å². The van der Waals surface area contributed by atoms with Gasteiger partial charge in [0, 0.05) is 25.9 Å². The first-order valence-corrected chi connectivity index (χ1v) is 10.9. The summed E-state index contributed by atoms with van der Waals surface area (Å²) in [6.45, 7) is 5.06. The average Bonchev–Trinajstić information content (AvgIpc) is 3.04. The second-order valence-electron chi connectivity index (χ2n) is 6.46. The molecule has 1 aliphatic rings. The molecule has 28 heavy (non-hydrogen) atoms. The van der Waals surface area contributed by atoms with Crippen LogP contribution >= 0.6 is 11.6 Å². The Labute approximate surface area is 168 Å². The lowest BCUT2D eigenvalue weighted by atomic mass is 10.2. The van der Waals surface area contributed by atoms with Crippen molar-refractivity contribution < 1.29 is 17.6 Å². The average molecular weight is 429 g/mol. The topological polar surface area (TPSA) is 84.3 Å². The number of benzene rings is 1. The summed E-state index contributed by atoms with van der Waals surface area (Å²) in [4.78, 5) is 16.1. The van der Waals surface area contributed by atoms with E-state index in [9.17, 15) is 17.6 Å². The van der Waals surface area contributed by atoms with Crippen LogP contribution < -0.4 is 5.32 Å². The number of nitrogens with one attached hydrogen (secondary N) is 1. The summed E-state index contributed by atoms with van der Waals surface area (Å²) < 4.78 is 42.6. The molecular weight excluding hydrogens is 407 g/mol. The number of sulfonamides is 1. The molecule has 1 aromatic carbocycles. The molecule has 1 aromatic heterocycles. The summed E-state index contributed by atoms with van der Waals surface area (Å²) in [6.07, 6.45) is 0.851. The predicted octanol–water partition coefficient (Wildman–Crippen LogP) is 2.47. The van der Waals surface area contributed by atoms with Gasteiger partial charge in [0.05, 0.1) is 34.4 Å². The zero-order chi connectivity index (χ0) is 20.5. The fourth-order valence-electron chi connectivity index (χ4n) is 3.25. The van der Waals surface area contributed by atoms with Gasteiger partial charge < -0.3 is 9.88 Å². The van der Waals surface area contributed by atoms with Crippen LogP contribution in [0.5, 0.6) is 0 Å². The van der Waals surface area contributed by atoms with Crippen molar-refractivity contribution in [3.05, 3.63) is 46.3 Å². The molecule has 1 amide bonds. The largest absolute Gasteiger partial charge is 0.349 e. The fraction of sp³-hybridized carbons (Fsp3) is 0.444. The van der Waals surface area contributed by atoms with E-state index >= 15 is 0 Å². The van der Waals surface area contributed by atoms with Gasteiger partial charge >= 0.3 is 0 Å². The first-order valence-electron chi connectivity index (χ1n) is 9.07. The van der Waals surface area contributed by atoms with Crippen molar-refractivity contribution in [2.24, 2.45) is 0 Å². The lowest BCUT2D eigenvalue weighted by molar-refractivity contribution is -0.120. The van der Waals surface area contributed by atoms with Crippen molar-refractivity contribution >= 4 is 27.5 Å². The van der Waals surface area contributed by atoms with Gasteiger partial charge in [-0.2, -0.15) is 4.31 Å². The second kappa shape index (κ2) is 8.18. The number of nitrogens with zero attached hydrogens (tertiary/aromatic N) is 3. The molecule has 0 atom stereocenters. The number of rotatable bonds is 6. The van der Waals surface area contributed by atoms with Crippen molar-refractivity contribution in [3.63, 3.8) is 0 Å². The van der Waals surface area contributed by atoms with Crippen LogP contribution in [0.2, 0.25) is 5.02 Å². The monoisotopic (exact) mass is 428 g/mol. The first kappa shape index (κ1) is 20.8. The predicted molar refractivity (Wildman–Crippen MR) is 103 cm³/mol. The van der Waals surface area contributed by atoms with Gasteiger partial charge in [0.25, 0.3) is 0 Å². The van der Waals surface area contributed by atoms with Gasteiger partial charge in [0.2, 0.25) is 15.9 Å². The van der Waals surface area contributed by atoms with E-state index in [-0.39, 0.29) is 28.9 Å². The van der Waals surface area contributed by atoms with Crippen LogP contribution in [0, 0.1) is 5.82 Å². The number of fused-ring (bicyclic) bond motifs is 1. The van der Waals surface area contributed by atoms with Crippen LogP contribution in [-0.4, -0.2) is 34.7 Å². The minimum Gasteiger partial charge on any atom is -0.349 e. The highest BCUT2D eigenvalue weighted by molar-refractivity contribution is 7.89. The van der Waals surface area contributed by atoms with Gasteiger partial charge in [-0.3, -0.25) is 4.79 Å². The Kier molecular flexibility index (Phi) is 6.07. The van der Waals surface area contributed by atoms with Crippen LogP contribution in [0.3, 0.4) is 0 Å². The van der Waals surface area contributed by atoms with Crippen molar-refractivity contribution in [2.75, 3.05) is 6.54 Å². The van der Waals surface area contributed by atoms with Gasteiger partial charge in [0.1, 0.15) is 11.6 Å². The number of carbonyl (C=O) groups is 1. The number of hydrogen-bond acceptors (Lipinski definition) is 4. The molecule has 1 N–H and O–H groups in total. The van der Waals surface area contributed by atoms with E-state index in [1.165, 1.54) is 10.4 Å². The second-order valence-corrected chi connectivity index (χ2v) is 8.81. The third kappa shape index (κ3) is 3.92. The molecule has 2 heterocycles. The maximum Gasteiger partial charge on any atom is 0.243 e. The van der Waals surface area contributed by atoms with E-state index in [2.05, 4.69) is 10.3 Å². The number of halogens is 2. The molecule has 0 saturated heterocycles. The van der Waals surface area contributed by atoms with Gasteiger partial charge in [-0.1, -0.05) is 18.5 Å². The summed E-state index contributed by atoms with van der Waals surface area (Å²) in [5, 5.41) is 2.58. The molecule has 10 heteroatoms. The lowest BCUT2D eigenvalue weighted by Crippen LogP contribution is -2.36. The SMILES string of the molecule is CCC(=O)NCc1nc2c(n1CC)CN(S(=O)(=O)c1ccc(F)c(Cl)c1)CC2. The highest BCUT2D eigenvalue weighted by atomic mass is 35.5. The molecule has 0 radical (unpaired) electrons. The van der Waals surface area contributed by atoms with E-state index < -0.39 is 15.8 Å². The first-order chi connectivity index (χ1) is 13.3. The number of imidazole rings is 1. The Morgan fingerprint density at radius 3 is 2.75 bits per heavy atom. The van der Waals surface area contributed by atoms with E-state index in [1.807, 2.05) is 11.5 Å². The lowest BCUT2D eigenvalue weighted by Gasteiger charge is -2.27. The molecule has 0 unspecified atom stereocenters. The standard InChI is InChI=1S/C18H22ClFN4O3S/c1-3-18(25)21-10-17-22-15-7-8-23(11-16(15)24(17)4-2)28(26,27)12-5-6-14(20)13(19)9-12/h5-6,9H,3-4,7-8,10-11H2,1-2H3,(H,21,25). The Bertz CT molecular complexity index is 1010. The summed E-state index contributed by atoms with van der Waals surface area (Å²) in [5.74, 6) is -0.0243. The van der Waals surface area contributed by atoms with Crippen LogP contribution in [-0.2, 0) is 40.9 Å². The van der Waals surface area contributed by atoms with E-state index in [1.54, 1.807) is 6.92 Å². The van der Waals surface area contributed by atoms with Crippen molar-refractivity contribution in [3.8, 4) is 0 Å². The van der Waals surface area contributed by atoms with E-state index in [0.29, 0.717) is 31.8 Å². The molecule has 0 bridgehead atoms. The van der Waals surface area contributed by atoms with E-state index in [0.717, 1.165) is 23.5 Å². The van der Waals surface area contributed by atoms with Crippen molar-refractivity contribution in [1.29, 1.82) is 0 Å². The highest BCUT2D eigenvalue weighted by Crippen LogP contribution is 2.28. The summed E-state index contributed by atoms with van der Waals surface area (Å²) in [5.41, 5.74) is 1.65. The highest BCUT2D eigenvalue weighted by Gasteiger charge is 2.32. The Hall–Kier alpha value is -1.97. The van der Waals surface area contributed by atoms with Crippen molar-refractivity contribution in [2.45, 2.75) is 51.2 Å². The fourth-order valence-corrected chi connectivity index (χ4v) is 4.92. The number of hydrogen-bond donors (Lipinski definition) is 1. The minimum absolute atomic E-state index is 0.0413. The summed E-state index contributed by atoms with van der Waals surface area (Å²) in [7, 11) is -3.82. The normalized spacial score (nSPS) is 14.7.